The van der Waals surface area contributed by atoms with Crippen molar-refractivity contribution in [3.63, 3.8) is 0 Å². The number of ether oxygens (including phenoxy) is 1. The number of amides is 1. The maximum atomic E-state index is 11.9. The zero-order valence-corrected chi connectivity index (χ0v) is 12.6. The van der Waals surface area contributed by atoms with E-state index in [-0.39, 0.29) is 5.91 Å². The maximum absolute atomic E-state index is 11.9. The average Bonchev–Trinajstić information content (AvgIpc) is 2.57. The summed E-state index contributed by atoms with van der Waals surface area (Å²) in [7, 11) is 1.86. The maximum Gasteiger partial charge on any atom is 0.228 e. The number of nitrogens with zero attached hydrogens (tertiary/aromatic N) is 1. The number of hydrogen-bond acceptors (Lipinski definition) is 4. The summed E-state index contributed by atoms with van der Waals surface area (Å²) in [5, 5.41) is 1.05. The Balaban J connectivity index is 1.94. The van der Waals surface area contributed by atoms with Crippen molar-refractivity contribution < 1.29 is 9.53 Å². The molecule has 2 aliphatic heterocycles. The van der Waals surface area contributed by atoms with Crippen LogP contribution in [0.2, 0.25) is 0 Å². The molecule has 100 valence electrons. The normalized spacial score (nSPS) is 19.3. The molecule has 2 aliphatic rings. The van der Waals surface area contributed by atoms with Gasteiger partial charge in [0.2, 0.25) is 5.91 Å². The monoisotopic (exact) mass is 293 g/mol. The highest BCUT2D eigenvalue weighted by atomic mass is 32.2. The van der Waals surface area contributed by atoms with Gasteiger partial charge in [0.05, 0.1) is 24.0 Å². The second-order valence-corrected chi connectivity index (χ2v) is 6.85. The molecule has 3 heterocycles. The number of fused-ring (bicyclic) bond motifs is 1. The molecule has 19 heavy (non-hydrogen) atoms. The molecule has 0 bridgehead atoms. The predicted molar refractivity (Wildman–Crippen MR) is 79.0 cm³/mol. The van der Waals surface area contributed by atoms with Crippen molar-refractivity contribution in [3.8, 4) is 11.8 Å². The van der Waals surface area contributed by atoms with Crippen LogP contribution in [0.5, 0.6) is 0 Å². The largest absolute Gasteiger partial charge is 0.379 e. The van der Waals surface area contributed by atoms with Crippen molar-refractivity contribution in [2.45, 2.75) is 18.2 Å². The van der Waals surface area contributed by atoms with E-state index >= 15 is 0 Å². The summed E-state index contributed by atoms with van der Waals surface area (Å²) < 4.78 is 5.13. The molecule has 1 saturated heterocycles. The van der Waals surface area contributed by atoms with Crippen molar-refractivity contribution in [2.75, 3.05) is 30.9 Å². The van der Waals surface area contributed by atoms with Crippen LogP contribution >= 0.6 is 23.1 Å². The third-order valence-corrected chi connectivity index (χ3v) is 5.95. The first-order valence-corrected chi connectivity index (χ1v) is 8.09. The zero-order chi connectivity index (χ0) is 13.4. The second-order valence-electron chi connectivity index (χ2n) is 4.75. The van der Waals surface area contributed by atoms with Crippen molar-refractivity contribution in [3.05, 3.63) is 10.4 Å². The average molecular weight is 293 g/mol. The molecule has 1 aromatic rings. The van der Waals surface area contributed by atoms with Crippen LogP contribution < -0.4 is 4.90 Å². The molecule has 0 saturated carbocycles. The van der Waals surface area contributed by atoms with E-state index in [2.05, 4.69) is 18.8 Å². The van der Waals surface area contributed by atoms with Crippen LogP contribution in [-0.4, -0.2) is 31.9 Å². The van der Waals surface area contributed by atoms with Gasteiger partial charge in [0.15, 0.2) is 0 Å². The first kappa shape index (κ1) is 13.0. The number of anilines is 1. The van der Waals surface area contributed by atoms with Gasteiger partial charge in [-0.2, -0.15) is 0 Å². The van der Waals surface area contributed by atoms with E-state index in [9.17, 15) is 4.79 Å². The van der Waals surface area contributed by atoms with E-state index in [0.29, 0.717) is 12.3 Å². The lowest BCUT2D eigenvalue weighted by Crippen LogP contribution is -2.25. The molecule has 0 N–H and O–H groups in total. The summed E-state index contributed by atoms with van der Waals surface area (Å²) >= 11 is 3.41. The quantitative estimate of drug-likeness (QED) is 0.688. The van der Waals surface area contributed by atoms with E-state index in [0.717, 1.165) is 28.8 Å². The highest BCUT2D eigenvalue weighted by molar-refractivity contribution is 7.99. The van der Waals surface area contributed by atoms with Gasteiger partial charge >= 0.3 is 0 Å². The minimum absolute atomic E-state index is 0.194. The lowest BCUT2D eigenvalue weighted by atomic mass is 10.1. The minimum atomic E-state index is 0.194. The fraction of sp³-hybridized carbons (Fsp3) is 0.500. The SMILES string of the molecule is Cc1c(C#CC2COC2)sc2c1SCCC(=O)N2C. The number of carbonyl (C=O) groups is 1. The minimum Gasteiger partial charge on any atom is -0.379 e. The van der Waals surface area contributed by atoms with Crippen LogP contribution in [0.4, 0.5) is 5.00 Å². The molecular formula is C14H15NO2S2. The van der Waals surface area contributed by atoms with Crippen LogP contribution in [-0.2, 0) is 9.53 Å². The Hall–Kier alpha value is -0.960. The van der Waals surface area contributed by atoms with Gasteiger partial charge in [0.25, 0.3) is 0 Å². The molecule has 0 radical (unpaired) electrons. The Kier molecular flexibility index (Phi) is 3.57. The second kappa shape index (κ2) is 5.20. The fourth-order valence-electron chi connectivity index (χ4n) is 2.00. The molecule has 1 aromatic heterocycles. The number of thioether (sulfide) groups is 1. The van der Waals surface area contributed by atoms with Gasteiger partial charge in [-0.1, -0.05) is 11.8 Å². The van der Waals surface area contributed by atoms with E-state index in [4.69, 9.17) is 4.74 Å². The fourth-order valence-corrected chi connectivity index (χ4v) is 4.47. The van der Waals surface area contributed by atoms with Gasteiger partial charge in [-0.15, -0.1) is 23.1 Å². The van der Waals surface area contributed by atoms with Gasteiger partial charge in [-0.25, -0.2) is 0 Å². The van der Waals surface area contributed by atoms with E-state index in [1.807, 2.05) is 7.05 Å². The number of thiophene rings is 1. The summed E-state index contributed by atoms with van der Waals surface area (Å²) in [6, 6.07) is 0. The summed E-state index contributed by atoms with van der Waals surface area (Å²) in [5.41, 5.74) is 1.22. The van der Waals surface area contributed by atoms with E-state index < -0.39 is 0 Å². The Morgan fingerprint density at radius 1 is 1.42 bits per heavy atom. The number of rotatable bonds is 0. The Morgan fingerprint density at radius 2 is 2.21 bits per heavy atom. The van der Waals surface area contributed by atoms with Gasteiger partial charge in [0.1, 0.15) is 5.00 Å². The van der Waals surface area contributed by atoms with Crippen LogP contribution in [0, 0.1) is 24.7 Å². The smallest absolute Gasteiger partial charge is 0.228 e. The van der Waals surface area contributed by atoms with Crippen molar-refractivity contribution in [2.24, 2.45) is 5.92 Å². The van der Waals surface area contributed by atoms with Gasteiger partial charge in [-0.05, 0) is 12.5 Å². The van der Waals surface area contributed by atoms with Crippen molar-refractivity contribution >= 4 is 34.0 Å². The Bertz CT molecular complexity index is 578. The van der Waals surface area contributed by atoms with Crippen molar-refractivity contribution in [1.82, 2.24) is 0 Å². The third-order valence-electron chi connectivity index (χ3n) is 3.34. The van der Waals surface area contributed by atoms with E-state index in [1.54, 1.807) is 28.0 Å². The molecule has 1 amide bonds. The standard InChI is InChI=1S/C14H15NO2S2/c1-9-11(4-3-10-7-17-8-10)19-14-13(9)18-6-5-12(16)15(14)2/h10H,5-8H2,1-2H3. The molecule has 3 nitrogen and oxygen atoms in total. The highest BCUT2D eigenvalue weighted by Gasteiger charge is 2.24. The van der Waals surface area contributed by atoms with Crippen molar-refractivity contribution in [1.29, 1.82) is 0 Å². The Labute approximate surface area is 121 Å². The van der Waals surface area contributed by atoms with Gasteiger partial charge in [-0.3, -0.25) is 4.79 Å². The first-order chi connectivity index (χ1) is 9.16. The van der Waals surface area contributed by atoms with Crippen LogP contribution in [0.25, 0.3) is 0 Å². The summed E-state index contributed by atoms with van der Waals surface area (Å²) in [6.45, 7) is 3.61. The third kappa shape index (κ3) is 2.40. The van der Waals surface area contributed by atoms with Crippen LogP contribution in [0.1, 0.15) is 16.9 Å². The van der Waals surface area contributed by atoms with Crippen LogP contribution in [0.3, 0.4) is 0 Å². The predicted octanol–water partition coefficient (Wildman–Crippen LogP) is 2.51. The first-order valence-electron chi connectivity index (χ1n) is 6.29. The summed E-state index contributed by atoms with van der Waals surface area (Å²) in [4.78, 5) is 16.0. The molecule has 0 aromatic carbocycles. The zero-order valence-electron chi connectivity index (χ0n) is 11.0. The van der Waals surface area contributed by atoms with Gasteiger partial charge < -0.3 is 9.64 Å². The lowest BCUT2D eigenvalue weighted by Gasteiger charge is -2.19. The Morgan fingerprint density at radius 3 is 2.89 bits per heavy atom. The summed E-state index contributed by atoms with van der Waals surface area (Å²) in [6.07, 6.45) is 0.614. The molecule has 0 spiro atoms. The molecule has 0 aliphatic carbocycles. The molecule has 5 heteroatoms. The molecule has 1 fully saturated rings. The summed E-state index contributed by atoms with van der Waals surface area (Å²) in [5.74, 6) is 7.95. The van der Waals surface area contributed by atoms with Gasteiger partial charge in [0, 0.05) is 24.1 Å². The topological polar surface area (TPSA) is 29.5 Å². The molecule has 0 atom stereocenters. The molecular weight excluding hydrogens is 278 g/mol. The van der Waals surface area contributed by atoms with E-state index in [1.165, 1.54) is 10.5 Å². The lowest BCUT2D eigenvalue weighted by molar-refractivity contribution is -0.117. The highest BCUT2D eigenvalue weighted by Crippen LogP contribution is 2.43. The number of hydrogen-bond donors (Lipinski definition) is 0. The number of carbonyl (C=O) groups excluding carboxylic acids is 1. The molecule has 3 rings (SSSR count). The van der Waals surface area contributed by atoms with Crippen LogP contribution in [0.15, 0.2) is 4.90 Å². The molecule has 0 unspecified atom stereocenters.